The SMILES string of the molecule is Cc1cccc(-c2cnc(NCC[C@H](NNCC=O)c3ccccc3)nc2-c2ccncc2)c1.Cl. The van der Waals surface area contributed by atoms with Crippen molar-refractivity contribution in [3.05, 3.63) is 96.4 Å². The Balaban J connectivity index is 0.00000342. The molecule has 180 valence electrons. The van der Waals surface area contributed by atoms with E-state index in [1.165, 1.54) is 5.56 Å². The Labute approximate surface area is 211 Å². The summed E-state index contributed by atoms with van der Waals surface area (Å²) in [6.07, 6.45) is 7.01. The fraction of sp³-hybridized carbons (Fsp3) is 0.185. The number of rotatable bonds is 11. The minimum absolute atomic E-state index is 0. The van der Waals surface area contributed by atoms with Gasteiger partial charge in [0, 0.05) is 42.3 Å². The molecule has 0 bridgehead atoms. The molecule has 0 aliphatic rings. The molecule has 2 heterocycles. The van der Waals surface area contributed by atoms with Crippen molar-refractivity contribution in [2.75, 3.05) is 18.4 Å². The zero-order valence-corrected chi connectivity index (χ0v) is 20.3. The van der Waals surface area contributed by atoms with E-state index in [1.807, 2.05) is 42.6 Å². The maximum absolute atomic E-state index is 10.7. The molecule has 2 aromatic heterocycles. The lowest BCUT2D eigenvalue weighted by Gasteiger charge is -2.20. The van der Waals surface area contributed by atoms with Gasteiger partial charge in [-0.15, -0.1) is 12.4 Å². The Kier molecular flexibility index (Phi) is 9.86. The van der Waals surface area contributed by atoms with E-state index < -0.39 is 0 Å². The van der Waals surface area contributed by atoms with Crippen LogP contribution in [-0.4, -0.2) is 34.3 Å². The number of hydrazine groups is 1. The number of hydrogen-bond acceptors (Lipinski definition) is 7. The highest BCUT2D eigenvalue weighted by Crippen LogP contribution is 2.31. The maximum atomic E-state index is 10.7. The number of nitrogens with one attached hydrogen (secondary N) is 3. The predicted octanol–water partition coefficient (Wildman–Crippen LogP) is 4.77. The van der Waals surface area contributed by atoms with E-state index in [4.69, 9.17) is 4.98 Å². The van der Waals surface area contributed by atoms with Crippen LogP contribution in [0.5, 0.6) is 0 Å². The van der Waals surface area contributed by atoms with E-state index in [1.54, 1.807) is 12.4 Å². The van der Waals surface area contributed by atoms with E-state index in [0.717, 1.165) is 40.7 Å². The summed E-state index contributed by atoms with van der Waals surface area (Å²) in [6.45, 7) is 2.97. The molecule has 8 heteroatoms. The van der Waals surface area contributed by atoms with E-state index in [9.17, 15) is 4.79 Å². The summed E-state index contributed by atoms with van der Waals surface area (Å²) in [4.78, 5) is 24.3. The number of pyridine rings is 1. The van der Waals surface area contributed by atoms with E-state index in [2.05, 4.69) is 63.4 Å². The molecule has 7 nitrogen and oxygen atoms in total. The number of aldehydes is 1. The highest BCUT2D eigenvalue weighted by Gasteiger charge is 2.14. The van der Waals surface area contributed by atoms with Crippen molar-refractivity contribution in [2.45, 2.75) is 19.4 Å². The molecule has 0 saturated heterocycles. The summed E-state index contributed by atoms with van der Waals surface area (Å²) in [5.41, 5.74) is 12.4. The number of aromatic nitrogens is 3. The van der Waals surface area contributed by atoms with Gasteiger partial charge in [-0.3, -0.25) is 10.4 Å². The molecule has 35 heavy (non-hydrogen) atoms. The fourth-order valence-electron chi connectivity index (χ4n) is 3.78. The van der Waals surface area contributed by atoms with Gasteiger partial charge in [-0.2, -0.15) is 0 Å². The van der Waals surface area contributed by atoms with Crippen LogP contribution in [-0.2, 0) is 4.79 Å². The van der Waals surface area contributed by atoms with Gasteiger partial charge in [0.05, 0.1) is 12.2 Å². The van der Waals surface area contributed by atoms with Crippen LogP contribution in [0.3, 0.4) is 0 Å². The summed E-state index contributed by atoms with van der Waals surface area (Å²) in [5, 5.41) is 3.36. The monoisotopic (exact) mass is 488 g/mol. The van der Waals surface area contributed by atoms with Crippen molar-refractivity contribution in [3.8, 4) is 22.4 Å². The van der Waals surface area contributed by atoms with Gasteiger partial charge in [0.1, 0.15) is 6.29 Å². The quantitative estimate of drug-likeness (QED) is 0.159. The number of aryl methyl sites for hydroxylation is 1. The van der Waals surface area contributed by atoms with Gasteiger partial charge in [-0.25, -0.2) is 15.4 Å². The summed E-state index contributed by atoms with van der Waals surface area (Å²) in [5.74, 6) is 0.566. The van der Waals surface area contributed by atoms with Gasteiger partial charge in [0.25, 0.3) is 0 Å². The standard InChI is InChI=1S/C27H28N6O.ClH/c1-20-6-5-9-23(18-20)24-19-30-27(32-26(24)22-10-13-28-14-11-22)29-15-12-25(33-31-16-17-34)21-7-3-2-4-8-21;/h2-11,13-14,17-19,25,31,33H,12,15-16H2,1H3,(H,29,30,32);1H/t25-;/m0./s1. The third-order valence-corrected chi connectivity index (χ3v) is 5.45. The number of carbonyl (C=O) groups excluding carboxylic acids is 1. The first-order chi connectivity index (χ1) is 16.7. The number of carbonyl (C=O) groups is 1. The van der Waals surface area contributed by atoms with Crippen molar-refractivity contribution in [2.24, 2.45) is 0 Å². The Morgan fingerprint density at radius 3 is 2.51 bits per heavy atom. The van der Waals surface area contributed by atoms with Crippen LogP contribution < -0.4 is 16.2 Å². The highest BCUT2D eigenvalue weighted by atomic mass is 35.5. The Bertz CT molecular complexity index is 1210. The molecule has 0 aliphatic carbocycles. The Hall–Kier alpha value is -3.65. The van der Waals surface area contributed by atoms with Gasteiger partial charge < -0.3 is 10.1 Å². The maximum Gasteiger partial charge on any atom is 0.223 e. The van der Waals surface area contributed by atoms with Gasteiger partial charge in [-0.1, -0.05) is 60.2 Å². The molecule has 0 amide bonds. The van der Waals surface area contributed by atoms with Crippen LogP contribution in [0.15, 0.2) is 85.3 Å². The molecule has 0 spiro atoms. The second-order valence-electron chi connectivity index (χ2n) is 7.93. The van der Waals surface area contributed by atoms with Crippen LogP contribution in [0.1, 0.15) is 23.6 Å². The lowest BCUT2D eigenvalue weighted by molar-refractivity contribution is -0.107. The molecular formula is C27H29ClN6O. The highest BCUT2D eigenvalue weighted by molar-refractivity contribution is 5.85. The third kappa shape index (κ3) is 7.16. The number of benzene rings is 2. The first-order valence-corrected chi connectivity index (χ1v) is 11.3. The second-order valence-corrected chi connectivity index (χ2v) is 7.93. The molecule has 0 unspecified atom stereocenters. The molecule has 0 saturated carbocycles. The summed E-state index contributed by atoms with van der Waals surface area (Å²) < 4.78 is 0. The smallest absolute Gasteiger partial charge is 0.223 e. The van der Waals surface area contributed by atoms with Crippen molar-refractivity contribution >= 4 is 24.6 Å². The minimum Gasteiger partial charge on any atom is -0.354 e. The minimum atomic E-state index is 0. The van der Waals surface area contributed by atoms with E-state index >= 15 is 0 Å². The molecule has 2 aromatic carbocycles. The summed E-state index contributed by atoms with van der Waals surface area (Å²) in [6, 6.07) is 22.4. The average molecular weight is 489 g/mol. The largest absolute Gasteiger partial charge is 0.354 e. The molecule has 0 radical (unpaired) electrons. The first-order valence-electron chi connectivity index (χ1n) is 11.3. The predicted molar refractivity (Wildman–Crippen MR) is 142 cm³/mol. The van der Waals surface area contributed by atoms with Gasteiger partial charge in [0.2, 0.25) is 5.95 Å². The van der Waals surface area contributed by atoms with Crippen LogP contribution in [0, 0.1) is 6.92 Å². The lowest BCUT2D eigenvalue weighted by Crippen LogP contribution is -2.37. The molecule has 0 aliphatic heterocycles. The van der Waals surface area contributed by atoms with Crippen LogP contribution in [0.4, 0.5) is 5.95 Å². The molecule has 1 atom stereocenters. The zero-order valence-electron chi connectivity index (χ0n) is 19.5. The lowest BCUT2D eigenvalue weighted by atomic mass is 10.00. The number of nitrogens with zero attached hydrogens (tertiary/aromatic N) is 3. The number of hydrogen-bond donors (Lipinski definition) is 3. The second kappa shape index (κ2) is 13.3. The average Bonchev–Trinajstić information content (AvgIpc) is 2.89. The first kappa shape index (κ1) is 26.0. The molecule has 4 rings (SSSR count). The van der Waals surface area contributed by atoms with Gasteiger partial charge in [-0.05, 0) is 36.6 Å². The van der Waals surface area contributed by atoms with E-state index in [-0.39, 0.29) is 25.0 Å². The van der Waals surface area contributed by atoms with Crippen LogP contribution in [0.2, 0.25) is 0 Å². The van der Waals surface area contributed by atoms with Crippen molar-refractivity contribution < 1.29 is 4.79 Å². The molecular weight excluding hydrogens is 460 g/mol. The zero-order chi connectivity index (χ0) is 23.6. The normalized spacial score (nSPS) is 11.3. The molecule has 0 fully saturated rings. The molecule has 4 aromatic rings. The van der Waals surface area contributed by atoms with Crippen LogP contribution in [0.25, 0.3) is 22.4 Å². The molecule has 3 N–H and O–H groups in total. The van der Waals surface area contributed by atoms with Crippen molar-refractivity contribution in [1.82, 2.24) is 25.8 Å². The van der Waals surface area contributed by atoms with Gasteiger partial charge >= 0.3 is 0 Å². The fourth-order valence-corrected chi connectivity index (χ4v) is 3.78. The van der Waals surface area contributed by atoms with Crippen molar-refractivity contribution in [3.63, 3.8) is 0 Å². The van der Waals surface area contributed by atoms with Crippen molar-refractivity contribution in [1.29, 1.82) is 0 Å². The van der Waals surface area contributed by atoms with Crippen LogP contribution >= 0.6 is 12.4 Å². The van der Waals surface area contributed by atoms with E-state index in [0.29, 0.717) is 12.5 Å². The van der Waals surface area contributed by atoms with Gasteiger partial charge in [0.15, 0.2) is 0 Å². The third-order valence-electron chi connectivity index (χ3n) is 5.45. The summed E-state index contributed by atoms with van der Waals surface area (Å²) in [7, 11) is 0. The number of halogens is 1. The topological polar surface area (TPSA) is 91.8 Å². The Morgan fingerprint density at radius 2 is 1.77 bits per heavy atom. The Morgan fingerprint density at radius 1 is 0.971 bits per heavy atom. The number of anilines is 1. The summed E-state index contributed by atoms with van der Waals surface area (Å²) >= 11 is 0.